The molecule has 6 nitrogen and oxygen atoms in total. The first-order valence-corrected chi connectivity index (χ1v) is 8.09. The minimum absolute atomic E-state index is 0.0323. The zero-order valence-corrected chi connectivity index (χ0v) is 14.7. The molecule has 0 saturated carbocycles. The average molecular weight is 335 g/mol. The zero-order valence-electron chi connectivity index (χ0n) is 14.7. The summed E-state index contributed by atoms with van der Waals surface area (Å²) >= 11 is 0. The van der Waals surface area contributed by atoms with Crippen LogP contribution in [0.4, 0.5) is 0 Å². The summed E-state index contributed by atoms with van der Waals surface area (Å²) in [5, 5.41) is 2.64. The quantitative estimate of drug-likeness (QED) is 0.737. The molecule has 6 heteroatoms. The van der Waals surface area contributed by atoms with Gasteiger partial charge in [-0.05, 0) is 57.4 Å². The molecule has 0 radical (unpaired) electrons. The van der Waals surface area contributed by atoms with E-state index in [0.717, 1.165) is 11.1 Å². The molecule has 1 amide bonds. The molecule has 0 aliphatic carbocycles. The van der Waals surface area contributed by atoms with Crippen molar-refractivity contribution in [3.8, 4) is 0 Å². The number of nitrogens with one attached hydrogen (secondary N) is 1. The van der Waals surface area contributed by atoms with Crippen LogP contribution in [0.5, 0.6) is 0 Å². The van der Waals surface area contributed by atoms with Gasteiger partial charge in [0.05, 0.1) is 13.2 Å². The summed E-state index contributed by atoms with van der Waals surface area (Å²) in [7, 11) is 0. The van der Waals surface area contributed by atoms with Crippen LogP contribution in [-0.4, -0.2) is 37.1 Å². The van der Waals surface area contributed by atoms with Crippen LogP contribution in [0.2, 0.25) is 0 Å². The summed E-state index contributed by atoms with van der Waals surface area (Å²) in [5.74, 6) is -1.34. The topological polar surface area (TPSA) is 81.7 Å². The zero-order chi connectivity index (χ0) is 18.1. The number of rotatable bonds is 8. The van der Waals surface area contributed by atoms with Gasteiger partial charge in [0.15, 0.2) is 0 Å². The third-order valence-electron chi connectivity index (χ3n) is 3.59. The number of carbonyl (C=O) groups excluding carboxylic acids is 3. The predicted octanol–water partition coefficient (Wildman–Crippen LogP) is 2.31. The van der Waals surface area contributed by atoms with Gasteiger partial charge in [-0.25, -0.2) is 4.79 Å². The molecule has 0 heterocycles. The Balaban J connectivity index is 2.78. The highest BCUT2D eigenvalue weighted by Crippen LogP contribution is 2.11. The second-order valence-corrected chi connectivity index (χ2v) is 5.42. The van der Waals surface area contributed by atoms with Crippen molar-refractivity contribution >= 4 is 17.8 Å². The van der Waals surface area contributed by atoms with Gasteiger partial charge in [0, 0.05) is 12.0 Å². The Morgan fingerprint density at radius 2 is 1.71 bits per heavy atom. The molecular formula is C18H25NO5. The van der Waals surface area contributed by atoms with Crippen LogP contribution in [0.1, 0.15) is 48.2 Å². The van der Waals surface area contributed by atoms with E-state index in [1.54, 1.807) is 26.0 Å². The fourth-order valence-electron chi connectivity index (χ4n) is 2.11. The number of hydrogen-bond donors (Lipinski definition) is 1. The molecule has 1 rings (SSSR count). The number of esters is 2. The third-order valence-corrected chi connectivity index (χ3v) is 3.59. The Morgan fingerprint density at radius 3 is 2.29 bits per heavy atom. The fourth-order valence-corrected chi connectivity index (χ4v) is 2.11. The predicted molar refractivity (Wildman–Crippen MR) is 89.7 cm³/mol. The Kier molecular flexibility index (Phi) is 7.95. The first kappa shape index (κ1) is 19.7. The summed E-state index contributed by atoms with van der Waals surface area (Å²) in [6.45, 7) is 7.74. The minimum Gasteiger partial charge on any atom is -0.466 e. The molecule has 1 atom stereocenters. The van der Waals surface area contributed by atoms with Crippen LogP contribution in [-0.2, 0) is 19.1 Å². The van der Waals surface area contributed by atoms with E-state index in [0.29, 0.717) is 5.56 Å². The lowest BCUT2D eigenvalue weighted by molar-refractivity contribution is -0.146. The highest BCUT2D eigenvalue weighted by molar-refractivity contribution is 5.97. The molecular weight excluding hydrogens is 310 g/mol. The van der Waals surface area contributed by atoms with E-state index in [2.05, 4.69) is 5.32 Å². The Hall–Kier alpha value is -2.37. The van der Waals surface area contributed by atoms with E-state index in [9.17, 15) is 14.4 Å². The average Bonchev–Trinajstić information content (AvgIpc) is 2.54. The van der Waals surface area contributed by atoms with Crippen LogP contribution in [0.3, 0.4) is 0 Å². The van der Waals surface area contributed by atoms with Crippen molar-refractivity contribution in [2.24, 2.45) is 0 Å². The number of ether oxygens (including phenoxy) is 2. The highest BCUT2D eigenvalue weighted by Gasteiger charge is 2.24. The van der Waals surface area contributed by atoms with Crippen LogP contribution < -0.4 is 5.32 Å². The number of hydrogen-bond acceptors (Lipinski definition) is 5. The number of aryl methyl sites for hydroxylation is 2. The second kappa shape index (κ2) is 9.70. The maximum absolute atomic E-state index is 12.4. The lowest BCUT2D eigenvalue weighted by Gasteiger charge is -2.17. The molecule has 0 unspecified atom stereocenters. The molecule has 24 heavy (non-hydrogen) atoms. The normalized spacial score (nSPS) is 11.5. The lowest BCUT2D eigenvalue weighted by Crippen LogP contribution is -2.42. The van der Waals surface area contributed by atoms with E-state index < -0.39 is 18.0 Å². The van der Waals surface area contributed by atoms with Gasteiger partial charge in [-0.1, -0.05) is 6.07 Å². The maximum atomic E-state index is 12.4. The molecule has 132 valence electrons. The van der Waals surface area contributed by atoms with Gasteiger partial charge in [-0.15, -0.1) is 0 Å². The number of amides is 1. The van der Waals surface area contributed by atoms with Crippen LogP contribution >= 0.6 is 0 Å². The van der Waals surface area contributed by atoms with E-state index in [1.807, 2.05) is 19.9 Å². The van der Waals surface area contributed by atoms with E-state index >= 15 is 0 Å². The molecule has 0 bridgehead atoms. The van der Waals surface area contributed by atoms with Gasteiger partial charge >= 0.3 is 11.9 Å². The van der Waals surface area contributed by atoms with Gasteiger partial charge in [-0.3, -0.25) is 9.59 Å². The maximum Gasteiger partial charge on any atom is 0.328 e. The van der Waals surface area contributed by atoms with Crippen LogP contribution in [0, 0.1) is 13.8 Å². The van der Waals surface area contributed by atoms with Crippen molar-refractivity contribution in [3.63, 3.8) is 0 Å². The summed E-state index contributed by atoms with van der Waals surface area (Å²) in [6, 6.07) is 4.43. The van der Waals surface area contributed by atoms with Crippen molar-refractivity contribution < 1.29 is 23.9 Å². The smallest absolute Gasteiger partial charge is 0.328 e. The summed E-state index contributed by atoms with van der Waals surface area (Å²) in [6.07, 6.45) is 0.165. The summed E-state index contributed by atoms with van der Waals surface area (Å²) in [5.41, 5.74) is 2.53. The van der Waals surface area contributed by atoms with Crippen molar-refractivity contribution in [2.45, 2.75) is 46.6 Å². The Bertz CT molecular complexity index is 597. The van der Waals surface area contributed by atoms with Crippen molar-refractivity contribution in [2.75, 3.05) is 13.2 Å². The van der Waals surface area contributed by atoms with E-state index in [4.69, 9.17) is 9.47 Å². The standard InChI is InChI=1S/C18H25NO5/c1-5-23-16(20)10-9-15(18(22)24-6-2)19-17(21)14-8-7-12(3)13(4)11-14/h7-8,11,15H,5-6,9-10H2,1-4H3,(H,19,21)/t15-/m0/s1. The molecule has 0 saturated heterocycles. The van der Waals surface area contributed by atoms with Crippen LogP contribution in [0.25, 0.3) is 0 Å². The van der Waals surface area contributed by atoms with Gasteiger partial charge < -0.3 is 14.8 Å². The number of carbonyl (C=O) groups is 3. The molecule has 0 aromatic heterocycles. The monoisotopic (exact) mass is 335 g/mol. The molecule has 0 aliphatic rings. The highest BCUT2D eigenvalue weighted by atomic mass is 16.5. The largest absolute Gasteiger partial charge is 0.466 e. The van der Waals surface area contributed by atoms with Gasteiger partial charge in [0.1, 0.15) is 6.04 Å². The van der Waals surface area contributed by atoms with Gasteiger partial charge in [0.2, 0.25) is 0 Å². The van der Waals surface area contributed by atoms with E-state index in [-0.39, 0.29) is 32.0 Å². The molecule has 0 fully saturated rings. The van der Waals surface area contributed by atoms with Gasteiger partial charge in [0.25, 0.3) is 5.91 Å². The SMILES string of the molecule is CCOC(=O)CC[C@H](NC(=O)c1ccc(C)c(C)c1)C(=O)OCC. The third kappa shape index (κ3) is 6.02. The minimum atomic E-state index is -0.886. The van der Waals surface area contributed by atoms with Crippen LogP contribution in [0.15, 0.2) is 18.2 Å². The van der Waals surface area contributed by atoms with Crippen molar-refractivity contribution in [3.05, 3.63) is 34.9 Å². The summed E-state index contributed by atoms with van der Waals surface area (Å²) in [4.78, 5) is 35.9. The Morgan fingerprint density at radius 1 is 1.04 bits per heavy atom. The lowest BCUT2D eigenvalue weighted by atomic mass is 10.1. The first-order chi connectivity index (χ1) is 11.4. The Labute approximate surface area is 142 Å². The molecule has 1 N–H and O–H groups in total. The number of benzene rings is 1. The molecule has 0 aliphatic heterocycles. The summed E-state index contributed by atoms with van der Waals surface area (Å²) < 4.78 is 9.82. The van der Waals surface area contributed by atoms with Gasteiger partial charge in [-0.2, -0.15) is 0 Å². The van der Waals surface area contributed by atoms with E-state index in [1.165, 1.54) is 0 Å². The second-order valence-electron chi connectivity index (χ2n) is 5.42. The fraction of sp³-hybridized carbons (Fsp3) is 0.500. The molecule has 1 aromatic rings. The first-order valence-electron chi connectivity index (χ1n) is 8.09. The molecule has 0 spiro atoms. The molecule has 1 aromatic carbocycles. The van der Waals surface area contributed by atoms with Crippen molar-refractivity contribution in [1.82, 2.24) is 5.32 Å². The van der Waals surface area contributed by atoms with Crippen molar-refractivity contribution in [1.29, 1.82) is 0 Å².